The number of para-hydroxylation sites is 1. The molecule has 2 aromatic rings. The van der Waals surface area contributed by atoms with Gasteiger partial charge in [0.05, 0.1) is 12.1 Å². The first-order valence-electron chi connectivity index (χ1n) is 5.30. The van der Waals surface area contributed by atoms with Gasteiger partial charge in [0.25, 0.3) is 0 Å². The molecule has 0 saturated carbocycles. The van der Waals surface area contributed by atoms with Crippen molar-refractivity contribution in [1.82, 2.24) is 4.98 Å². The van der Waals surface area contributed by atoms with Gasteiger partial charge in [-0.05, 0) is 18.2 Å². The Labute approximate surface area is 98.9 Å². The Morgan fingerprint density at radius 1 is 1.24 bits per heavy atom. The largest absolute Gasteiger partial charge is 0.487 e. The molecule has 1 aromatic carbocycles. The first kappa shape index (κ1) is 11.3. The van der Waals surface area contributed by atoms with Crippen molar-refractivity contribution in [2.45, 2.75) is 13.0 Å². The summed E-state index contributed by atoms with van der Waals surface area (Å²) in [5, 5.41) is 8.78. The van der Waals surface area contributed by atoms with Crippen LogP contribution in [0.5, 0.6) is 5.75 Å². The van der Waals surface area contributed by atoms with Crippen LogP contribution in [0.4, 0.5) is 0 Å². The van der Waals surface area contributed by atoms with Crippen LogP contribution in [0, 0.1) is 0 Å². The third-order valence-electron chi connectivity index (χ3n) is 2.36. The molecule has 0 unspecified atom stereocenters. The van der Waals surface area contributed by atoms with E-state index in [0.717, 1.165) is 5.69 Å². The SMILES string of the molecule is O=C(O)Cc1ccccc1OCc1ccc[nH]1. The van der Waals surface area contributed by atoms with Crippen molar-refractivity contribution in [3.63, 3.8) is 0 Å². The molecule has 4 nitrogen and oxygen atoms in total. The van der Waals surface area contributed by atoms with Gasteiger partial charge in [-0.2, -0.15) is 0 Å². The zero-order valence-corrected chi connectivity index (χ0v) is 9.22. The van der Waals surface area contributed by atoms with Crippen LogP contribution in [0.3, 0.4) is 0 Å². The molecular weight excluding hydrogens is 218 g/mol. The van der Waals surface area contributed by atoms with E-state index in [9.17, 15) is 4.79 Å². The lowest BCUT2D eigenvalue weighted by Crippen LogP contribution is -2.04. The smallest absolute Gasteiger partial charge is 0.307 e. The molecule has 1 aromatic heterocycles. The Morgan fingerprint density at radius 2 is 2.06 bits per heavy atom. The van der Waals surface area contributed by atoms with Crippen molar-refractivity contribution < 1.29 is 14.6 Å². The second-order valence-electron chi connectivity index (χ2n) is 3.66. The second kappa shape index (κ2) is 5.21. The maximum Gasteiger partial charge on any atom is 0.307 e. The molecule has 0 aliphatic rings. The van der Waals surface area contributed by atoms with Crippen molar-refractivity contribution in [2.75, 3.05) is 0 Å². The van der Waals surface area contributed by atoms with E-state index < -0.39 is 5.97 Å². The van der Waals surface area contributed by atoms with Crippen LogP contribution in [0.2, 0.25) is 0 Å². The molecule has 0 amide bonds. The maximum absolute atomic E-state index is 10.7. The Morgan fingerprint density at radius 3 is 2.76 bits per heavy atom. The van der Waals surface area contributed by atoms with Gasteiger partial charge < -0.3 is 14.8 Å². The number of hydrogen-bond acceptors (Lipinski definition) is 2. The van der Waals surface area contributed by atoms with Gasteiger partial charge in [-0.1, -0.05) is 18.2 Å². The normalized spacial score (nSPS) is 10.1. The number of rotatable bonds is 5. The lowest BCUT2D eigenvalue weighted by atomic mass is 10.1. The molecule has 0 spiro atoms. The fourth-order valence-electron chi connectivity index (χ4n) is 1.57. The standard InChI is InChI=1S/C13H13NO3/c15-13(16)8-10-4-1-2-6-12(10)17-9-11-5-3-7-14-11/h1-7,14H,8-9H2,(H,15,16). The van der Waals surface area contributed by atoms with Crippen LogP contribution in [0.1, 0.15) is 11.3 Å². The average molecular weight is 231 g/mol. The van der Waals surface area contributed by atoms with Gasteiger partial charge in [0.1, 0.15) is 12.4 Å². The van der Waals surface area contributed by atoms with Gasteiger partial charge >= 0.3 is 5.97 Å². The van der Waals surface area contributed by atoms with Crippen LogP contribution in [-0.2, 0) is 17.8 Å². The topological polar surface area (TPSA) is 62.3 Å². The highest BCUT2D eigenvalue weighted by Gasteiger charge is 2.07. The summed E-state index contributed by atoms with van der Waals surface area (Å²) in [4.78, 5) is 13.7. The summed E-state index contributed by atoms with van der Waals surface area (Å²) >= 11 is 0. The molecule has 88 valence electrons. The molecule has 0 bridgehead atoms. The minimum absolute atomic E-state index is 0.0269. The fraction of sp³-hybridized carbons (Fsp3) is 0.154. The highest BCUT2D eigenvalue weighted by atomic mass is 16.5. The number of ether oxygens (including phenoxy) is 1. The number of aromatic nitrogens is 1. The maximum atomic E-state index is 10.7. The summed E-state index contributed by atoms with van der Waals surface area (Å²) in [6, 6.07) is 11.0. The minimum atomic E-state index is -0.860. The quantitative estimate of drug-likeness (QED) is 0.829. The molecule has 0 radical (unpaired) electrons. The lowest BCUT2D eigenvalue weighted by Gasteiger charge is -2.09. The van der Waals surface area contributed by atoms with Crippen LogP contribution < -0.4 is 4.74 Å². The molecule has 2 N–H and O–H groups in total. The van der Waals surface area contributed by atoms with E-state index in [4.69, 9.17) is 9.84 Å². The first-order valence-corrected chi connectivity index (χ1v) is 5.30. The minimum Gasteiger partial charge on any atom is -0.487 e. The number of aliphatic carboxylic acids is 1. The molecule has 2 rings (SSSR count). The number of aromatic amines is 1. The summed E-state index contributed by atoms with van der Waals surface area (Å²) in [5.41, 5.74) is 1.64. The van der Waals surface area contributed by atoms with Crippen molar-refractivity contribution in [3.05, 3.63) is 53.9 Å². The van der Waals surface area contributed by atoms with Crippen LogP contribution in [-0.4, -0.2) is 16.1 Å². The summed E-state index contributed by atoms with van der Waals surface area (Å²) in [6.45, 7) is 0.406. The third-order valence-corrected chi connectivity index (χ3v) is 2.36. The zero-order valence-electron chi connectivity index (χ0n) is 9.22. The summed E-state index contributed by atoms with van der Waals surface area (Å²) < 4.78 is 5.59. The first-order chi connectivity index (χ1) is 8.25. The van der Waals surface area contributed by atoms with Gasteiger partial charge in [-0.25, -0.2) is 0 Å². The third kappa shape index (κ3) is 3.11. The molecule has 0 atom stereocenters. The van der Waals surface area contributed by atoms with Crippen molar-refractivity contribution in [1.29, 1.82) is 0 Å². The lowest BCUT2D eigenvalue weighted by molar-refractivity contribution is -0.136. The molecule has 17 heavy (non-hydrogen) atoms. The van der Waals surface area contributed by atoms with Crippen molar-refractivity contribution in [3.8, 4) is 5.75 Å². The summed E-state index contributed by atoms with van der Waals surface area (Å²) in [7, 11) is 0. The monoisotopic (exact) mass is 231 g/mol. The van der Waals surface area contributed by atoms with Gasteiger partial charge in [0, 0.05) is 11.8 Å². The van der Waals surface area contributed by atoms with Crippen LogP contribution in [0.15, 0.2) is 42.6 Å². The molecule has 0 saturated heterocycles. The van der Waals surface area contributed by atoms with Crippen LogP contribution in [0.25, 0.3) is 0 Å². The number of carboxylic acid groups (broad SMARTS) is 1. The molecule has 0 aliphatic carbocycles. The average Bonchev–Trinajstić information content (AvgIpc) is 2.80. The number of carboxylic acids is 1. The van der Waals surface area contributed by atoms with E-state index >= 15 is 0 Å². The molecule has 4 heteroatoms. The highest BCUT2D eigenvalue weighted by Crippen LogP contribution is 2.19. The van der Waals surface area contributed by atoms with Gasteiger partial charge in [0.2, 0.25) is 0 Å². The van der Waals surface area contributed by atoms with Gasteiger partial charge in [-0.15, -0.1) is 0 Å². The molecule has 1 heterocycles. The molecule has 0 aliphatic heterocycles. The van der Waals surface area contributed by atoms with E-state index in [2.05, 4.69) is 4.98 Å². The molecular formula is C13H13NO3. The Kier molecular flexibility index (Phi) is 3.45. The fourth-order valence-corrected chi connectivity index (χ4v) is 1.57. The number of carbonyl (C=O) groups is 1. The van der Waals surface area contributed by atoms with E-state index in [0.29, 0.717) is 17.9 Å². The number of nitrogens with one attached hydrogen (secondary N) is 1. The van der Waals surface area contributed by atoms with E-state index in [1.165, 1.54) is 0 Å². The van der Waals surface area contributed by atoms with E-state index in [1.54, 1.807) is 18.2 Å². The Bertz CT molecular complexity index is 491. The zero-order chi connectivity index (χ0) is 12.1. The predicted molar refractivity (Wildman–Crippen MR) is 62.9 cm³/mol. The highest BCUT2D eigenvalue weighted by molar-refractivity contribution is 5.71. The van der Waals surface area contributed by atoms with Crippen LogP contribution >= 0.6 is 0 Å². The summed E-state index contributed by atoms with van der Waals surface area (Å²) in [6.07, 6.45) is 1.79. The van der Waals surface area contributed by atoms with E-state index in [1.807, 2.05) is 24.4 Å². The second-order valence-corrected chi connectivity index (χ2v) is 3.66. The summed E-state index contributed by atoms with van der Waals surface area (Å²) in [5.74, 6) is -0.245. The van der Waals surface area contributed by atoms with Gasteiger partial charge in [-0.3, -0.25) is 4.79 Å². The van der Waals surface area contributed by atoms with Crippen molar-refractivity contribution >= 4 is 5.97 Å². The number of benzene rings is 1. The Balaban J connectivity index is 2.06. The number of H-pyrrole nitrogens is 1. The molecule has 0 fully saturated rings. The predicted octanol–water partition coefficient (Wildman–Crippen LogP) is 2.22. The number of hydrogen-bond donors (Lipinski definition) is 2. The van der Waals surface area contributed by atoms with E-state index in [-0.39, 0.29) is 6.42 Å². The van der Waals surface area contributed by atoms with Gasteiger partial charge in [0.15, 0.2) is 0 Å². The van der Waals surface area contributed by atoms with Crippen molar-refractivity contribution in [2.24, 2.45) is 0 Å². The Hall–Kier alpha value is -2.23.